The van der Waals surface area contributed by atoms with Crippen molar-refractivity contribution in [1.82, 2.24) is 4.98 Å². The van der Waals surface area contributed by atoms with Crippen LogP contribution < -0.4 is 0 Å². The number of aromatic nitrogens is 1. The van der Waals surface area contributed by atoms with Crippen LogP contribution in [0.3, 0.4) is 0 Å². The number of benzene rings is 4. The summed E-state index contributed by atoms with van der Waals surface area (Å²) in [6, 6.07) is 37.2. The number of pyridine rings is 1. The van der Waals surface area contributed by atoms with Crippen molar-refractivity contribution in [2.45, 2.75) is 26.2 Å². The summed E-state index contributed by atoms with van der Waals surface area (Å²) in [5.41, 5.74) is 8.64. The lowest BCUT2D eigenvalue weighted by Gasteiger charge is -2.19. The summed E-state index contributed by atoms with van der Waals surface area (Å²) in [5, 5.41) is 2.62. The van der Waals surface area contributed by atoms with Crippen LogP contribution in [0.4, 0.5) is 0 Å². The molecular formula is C33H27NS. The quantitative estimate of drug-likeness (QED) is 0.251. The van der Waals surface area contributed by atoms with Gasteiger partial charge in [0.05, 0.1) is 5.69 Å². The van der Waals surface area contributed by atoms with Crippen LogP contribution in [-0.4, -0.2) is 4.98 Å². The lowest BCUT2D eigenvalue weighted by molar-refractivity contribution is 0.589. The molecule has 0 atom stereocenters. The van der Waals surface area contributed by atoms with Crippen LogP contribution in [-0.2, 0) is 5.41 Å². The molecular weight excluding hydrogens is 442 g/mol. The highest BCUT2D eigenvalue weighted by Gasteiger charge is 2.18. The van der Waals surface area contributed by atoms with Gasteiger partial charge in [-0.15, -0.1) is 11.3 Å². The van der Waals surface area contributed by atoms with Crippen LogP contribution in [0.2, 0.25) is 0 Å². The van der Waals surface area contributed by atoms with E-state index in [1.807, 2.05) is 17.5 Å². The first-order chi connectivity index (χ1) is 17.0. The number of hydrogen-bond donors (Lipinski definition) is 0. The Hall–Kier alpha value is -3.75. The van der Waals surface area contributed by atoms with E-state index in [2.05, 4.69) is 124 Å². The van der Waals surface area contributed by atoms with Crippen molar-refractivity contribution in [1.29, 1.82) is 0 Å². The van der Waals surface area contributed by atoms with Crippen LogP contribution in [0, 0.1) is 0 Å². The summed E-state index contributed by atoms with van der Waals surface area (Å²) in [6.07, 6.45) is 1.95. The Bertz CT molecular complexity index is 1650. The van der Waals surface area contributed by atoms with E-state index < -0.39 is 0 Å². The summed E-state index contributed by atoms with van der Waals surface area (Å²) < 4.78 is 2.60. The van der Waals surface area contributed by atoms with E-state index in [4.69, 9.17) is 4.98 Å². The molecule has 6 rings (SSSR count). The SMILES string of the molecule is CC(C)(C)c1ccnc(-c2cccc3c2sc2cc(-c4ccccc4)cc(-c4ccccc4)c23)c1. The van der Waals surface area contributed by atoms with Gasteiger partial charge in [-0.2, -0.15) is 0 Å². The second-order valence-electron chi connectivity index (χ2n) is 10.1. The van der Waals surface area contributed by atoms with Gasteiger partial charge in [0.2, 0.25) is 0 Å². The highest BCUT2D eigenvalue weighted by molar-refractivity contribution is 7.26. The largest absolute Gasteiger partial charge is 0.256 e. The predicted molar refractivity (Wildman–Crippen MR) is 152 cm³/mol. The number of hydrogen-bond acceptors (Lipinski definition) is 2. The molecule has 2 heteroatoms. The third-order valence-corrected chi connectivity index (χ3v) is 7.88. The predicted octanol–water partition coefficient (Wildman–Crippen LogP) is 9.75. The molecule has 0 radical (unpaired) electrons. The Kier molecular flexibility index (Phi) is 5.27. The summed E-state index contributed by atoms with van der Waals surface area (Å²) in [6.45, 7) is 6.76. The van der Waals surface area contributed by atoms with Gasteiger partial charge in [0, 0.05) is 31.9 Å². The number of fused-ring (bicyclic) bond motifs is 3. The standard InChI is InChI=1S/C33H27NS/c1-33(2,3)25-17-18-34-29(21-25)26-15-10-16-27-31-28(23-13-8-5-9-14-23)19-24(20-30(31)35-32(26)27)22-11-6-4-7-12-22/h4-21H,1-3H3. The maximum absolute atomic E-state index is 4.80. The van der Waals surface area contributed by atoms with Crippen LogP contribution in [0.25, 0.3) is 53.7 Å². The first-order valence-electron chi connectivity index (χ1n) is 12.1. The third kappa shape index (κ3) is 3.94. The zero-order valence-corrected chi connectivity index (χ0v) is 21.1. The molecule has 35 heavy (non-hydrogen) atoms. The normalized spacial score (nSPS) is 11.9. The second kappa shape index (κ2) is 8.48. The molecule has 0 aliphatic carbocycles. The van der Waals surface area contributed by atoms with Crippen molar-refractivity contribution >= 4 is 31.5 Å². The molecule has 0 saturated carbocycles. The topological polar surface area (TPSA) is 12.9 Å². The average Bonchev–Trinajstić information content (AvgIpc) is 3.27. The van der Waals surface area contributed by atoms with Crippen molar-refractivity contribution in [3.8, 4) is 33.5 Å². The highest BCUT2D eigenvalue weighted by Crippen LogP contribution is 2.45. The molecule has 6 aromatic rings. The van der Waals surface area contributed by atoms with Gasteiger partial charge in [0.15, 0.2) is 0 Å². The molecule has 0 spiro atoms. The zero-order valence-electron chi connectivity index (χ0n) is 20.2. The third-order valence-electron chi connectivity index (χ3n) is 6.69. The molecule has 0 saturated heterocycles. The number of rotatable bonds is 3. The molecule has 4 aromatic carbocycles. The molecule has 2 heterocycles. The fourth-order valence-electron chi connectivity index (χ4n) is 4.82. The summed E-state index contributed by atoms with van der Waals surface area (Å²) in [7, 11) is 0. The second-order valence-corrected chi connectivity index (χ2v) is 11.1. The van der Waals surface area contributed by atoms with Gasteiger partial charge in [-0.25, -0.2) is 0 Å². The Labute approximate surface area is 210 Å². The average molecular weight is 470 g/mol. The van der Waals surface area contributed by atoms with E-state index >= 15 is 0 Å². The zero-order chi connectivity index (χ0) is 24.0. The van der Waals surface area contributed by atoms with E-state index in [0.717, 1.165) is 5.69 Å². The minimum Gasteiger partial charge on any atom is -0.256 e. The minimum absolute atomic E-state index is 0.0802. The Morgan fingerprint density at radius 1 is 0.629 bits per heavy atom. The lowest BCUT2D eigenvalue weighted by Crippen LogP contribution is -2.11. The van der Waals surface area contributed by atoms with E-state index in [0.29, 0.717) is 0 Å². The molecule has 0 fully saturated rings. The van der Waals surface area contributed by atoms with Gasteiger partial charge in [-0.05, 0) is 57.5 Å². The summed E-state index contributed by atoms with van der Waals surface area (Å²) in [5.74, 6) is 0. The molecule has 2 aromatic heterocycles. The molecule has 0 N–H and O–H groups in total. The summed E-state index contributed by atoms with van der Waals surface area (Å²) in [4.78, 5) is 4.80. The van der Waals surface area contributed by atoms with E-state index in [1.54, 1.807) is 0 Å². The van der Waals surface area contributed by atoms with Crippen LogP contribution in [0.1, 0.15) is 26.3 Å². The van der Waals surface area contributed by atoms with Gasteiger partial charge in [0.25, 0.3) is 0 Å². The maximum Gasteiger partial charge on any atom is 0.0719 e. The van der Waals surface area contributed by atoms with Gasteiger partial charge in [0.1, 0.15) is 0 Å². The smallest absolute Gasteiger partial charge is 0.0719 e. The molecule has 170 valence electrons. The molecule has 0 amide bonds. The molecule has 0 bridgehead atoms. The fraction of sp³-hybridized carbons (Fsp3) is 0.121. The van der Waals surface area contributed by atoms with Crippen LogP contribution >= 0.6 is 11.3 Å². The molecule has 0 aliphatic rings. The Morgan fingerprint density at radius 2 is 1.34 bits per heavy atom. The van der Waals surface area contributed by atoms with Gasteiger partial charge in [-0.3, -0.25) is 4.98 Å². The van der Waals surface area contributed by atoms with Gasteiger partial charge in [-0.1, -0.05) is 99.6 Å². The van der Waals surface area contributed by atoms with E-state index in [9.17, 15) is 0 Å². The van der Waals surface area contributed by atoms with E-state index in [-0.39, 0.29) is 5.41 Å². The lowest BCUT2D eigenvalue weighted by atomic mass is 9.87. The molecule has 0 unspecified atom stereocenters. The van der Waals surface area contributed by atoms with Crippen molar-refractivity contribution in [2.24, 2.45) is 0 Å². The van der Waals surface area contributed by atoms with Gasteiger partial charge >= 0.3 is 0 Å². The first-order valence-corrected chi connectivity index (χ1v) is 12.9. The molecule has 1 nitrogen and oxygen atoms in total. The van der Waals surface area contributed by atoms with Crippen LogP contribution in [0.15, 0.2) is 109 Å². The van der Waals surface area contributed by atoms with E-state index in [1.165, 1.54) is 53.6 Å². The van der Waals surface area contributed by atoms with Crippen molar-refractivity contribution < 1.29 is 0 Å². The first kappa shape index (κ1) is 21.8. The monoisotopic (exact) mass is 469 g/mol. The highest BCUT2D eigenvalue weighted by atomic mass is 32.1. The van der Waals surface area contributed by atoms with Crippen molar-refractivity contribution in [2.75, 3.05) is 0 Å². The Balaban J connectivity index is 1.66. The Morgan fingerprint density at radius 3 is 2.06 bits per heavy atom. The summed E-state index contributed by atoms with van der Waals surface area (Å²) >= 11 is 1.87. The molecule has 0 aliphatic heterocycles. The van der Waals surface area contributed by atoms with Crippen LogP contribution in [0.5, 0.6) is 0 Å². The number of thiophene rings is 1. The van der Waals surface area contributed by atoms with Crippen molar-refractivity contribution in [3.05, 3.63) is 115 Å². The maximum atomic E-state index is 4.80. The number of nitrogens with zero attached hydrogens (tertiary/aromatic N) is 1. The van der Waals surface area contributed by atoms with Crippen molar-refractivity contribution in [3.63, 3.8) is 0 Å². The van der Waals surface area contributed by atoms with Gasteiger partial charge < -0.3 is 0 Å². The minimum atomic E-state index is 0.0802. The fourth-order valence-corrected chi connectivity index (χ4v) is 6.11.